The first-order valence-corrected chi connectivity index (χ1v) is 11.4. The van der Waals surface area contributed by atoms with Gasteiger partial charge in [0.2, 0.25) is 11.8 Å². The van der Waals surface area contributed by atoms with Crippen molar-refractivity contribution in [1.29, 1.82) is 5.26 Å². The van der Waals surface area contributed by atoms with Crippen molar-refractivity contribution in [3.8, 4) is 6.07 Å². The van der Waals surface area contributed by atoms with Crippen molar-refractivity contribution in [3.63, 3.8) is 0 Å². The number of nitrogens with one attached hydrogen (secondary N) is 1. The lowest BCUT2D eigenvalue weighted by molar-refractivity contribution is -0.137. The van der Waals surface area contributed by atoms with Crippen molar-refractivity contribution >= 4 is 17.5 Å². The van der Waals surface area contributed by atoms with Crippen LogP contribution in [0.4, 0.5) is 18.9 Å². The Morgan fingerprint density at radius 2 is 2.00 bits per heavy atom. The molecule has 2 aromatic rings. The fourth-order valence-electron chi connectivity index (χ4n) is 5.26. The SMILES string of the molecule is CNC(=O)C1CN(C(=O)Cn2cc(C)cn2)CC12CCN(c1ccc(C#N)c(C(F)(F)F)c1)CC2. The van der Waals surface area contributed by atoms with Gasteiger partial charge >= 0.3 is 6.18 Å². The maximum absolute atomic E-state index is 13.4. The first kappa shape index (κ1) is 24.6. The van der Waals surface area contributed by atoms with Crippen LogP contribution in [0.1, 0.15) is 29.5 Å². The highest BCUT2D eigenvalue weighted by molar-refractivity contribution is 5.83. The smallest absolute Gasteiger partial charge is 0.371 e. The summed E-state index contributed by atoms with van der Waals surface area (Å²) in [5.74, 6) is -0.658. The molecule has 8 nitrogen and oxygen atoms in total. The van der Waals surface area contributed by atoms with Gasteiger partial charge in [0.25, 0.3) is 0 Å². The predicted octanol–water partition coefficient (Wildman–Crippen LogP) is 2.57. The Labute approximate surface area is 201 Å². The number of hydrogen-bond acceptors (Lipinski definition) is 5. The Hall–Kier alpha value is -3.55. The molecular weight excluding hydrogens is 461 g/mol. The van der Waals surface area contributed by atoms with Crippen LogP contribution in [-0.2, 0) is 22.3 Å². The number of aryl methyl sites for hydroxylation is 1. The topological polar surface area (TPSA) is 94.3 Å². The number of nitrogens with zero attached hydrogens (tertiary/aromatic N) is 5. The van der Waals surface area contributed by atoms with E-state index in [0.29, 0.717) is 44.7 Å². The molecule has 35 heavy (non-hydrogen) atoms. The molecule has 2 amide bonds. The van der Waals surface area contributed by atoms with Gasteiger partial charge in [0, 0.05) is 50.5 Å². The largest absolute Gasteiger partial charge is 0.417 e. The number of rotatable bonds is 4. The van der Waals surface area contributed by atoms with Crippen molar-refractivity contribution < 1.29 is 22.8 Å². The number of carbonyl (C=O) groups is 2. The Bertz CT molecular complexity index is 1160. The van der Waals surface area contributed by atoms with E-state index < -0.39 is 28.6 Å². The number of amides is 2. The lowest BCUT2D eigenvalue weighted by Gasteiger charge is -2.43. The van der Waals surface area contributed by atoms with Crippen molar-refractivity contribution in [1.82, 2.24) is 20.0 Å². The highest BCUT2D eigenvalue weighted by Gasteiger charge is 2.52. The zero-order valence-corrected chi connectivity index (χ0v) is 19.6. The fourth-order valence-corrected chi connectivity index (χ4v) is 5.26. The first-order chi connectivity index (χ1) is 16.6. The van der Waals surface area contributed by atoms with Gasteiger partial charge in [0.15, 0.2) is 0 Å². The number of hydrogen-bond donors (Lipinski definition) is 1. The summed E-state index contributed by atoms with van der Waals surface area (Å²) in [6.07, 6.45) is -0.0591. The molecule has 0 saturated carbocycles. The van der Waals surface area contributed by atoms with Crippen molar-refractivity contribution in [2.24, 2.45) is 11.3 Å². The molecule has 186 valence electrons. The van der Waals surface area contributed by atoms with E-state index in [2.05, 4.69) is 10.4 Å². The number of aromatic nitrogens is 2. The average Bonchev–Trinajstić information content (AvgIpc) is 3.41. The van der Waals surface area contributed by atoms with Crippen LogP contribution in [0.25, 0.3) is 0 Å². The zero-order chi connectivity index (χ0) is 25.4. The number of piperidine rings is 1. The second-order valence-electron chi connectivity index (χ2n) is 9.35. The highest BCUT2D eigenvalue weighted by atomic mass is 19.4. The molecule has 3 heterocycles. The lowest BCUT2D eigenvalue weighted by atomic mass is 9.70. The number of anilines is 1. The van der Waals surface area contributed by atoms with E-state index in [1.165, 1.54) is 12.1 Å². The Morgan fingerprint density at radius 1 is 1.29 bits per heavy atom. The third-order valence-electron chi connectivity index (χ3n) is 7.18. The van der Waals surface area contributed by atoms with E-state index in [1.807, 2.05) is 11.8 Å². The van der Waals surface area contributed by atoms with E-state index in [-0.39, 0.29) is 18.4 Å². The van der Waals surface area contributed by atoms with Gasteiger partial charge < -0.3 is 15.1 Å². The molecule has 2 fully saturated rings. The first-order valence-electron chi connectivity index (χ1n) is 11.4. The van der Waals surface area contributed by atoms with Gasteiger partial charge in [0.1, 0.15) is 6.54 Å². The molecule has 2 aliphatic heterocycles. The standard InChI is InChI=1S/C24H27F3N6O2/c1-16-11-30-33(12-16)14-21(34)32-13-20(22(35)29-2)23(15-32)5-7-31(8-6-23)18-4-3-17(10-28)19(9-18)24(25,26)27/h3-4,9,11-12,20H,5-8,13-15H2,1-2H3,(H,29,35). The lowest BCUT2D eigenvalue weighted by Crippen LogP contribution is -2.48. The minimum atomic E-state index is -4.62. The molecule has 1 aromatic carbocycles. The summed E-state index contributed by atoms with van der Waals surface area (Å²) in [6.45, 7) is 3.57. The Morgan fingerprint density at radius 3 is 2.57 bits per heavy atom. The van der Waals surface area contributed by atoms with Gasteiger partial charge in [-0.05, 0) is 43.5 Å². The minimum Gasteiger partial charge on any atom is -0.371 e. The third kappa shape index (κ3) is 4.83. The fraction of sp³-hybridized carbons (Fsp3) is 0.500. The van der Waals surface area contributed by atoms with Gasteiger partial charge in [-0.15, -0.1) is 0 Å². The molecular formula is C24H27F3N6O2. The molecule has 0 aliphatic carbocycles. The monoisotopic (exact) mass is 488 g/mol. The van der Waals surface area contributed by atoms with Crippen LogP contribution in [0.3, 0.4) is 0 Å². The molecule has 1 N–H and O–H groups in total. The second-order valence-corrected chi connectivity index (χ2v) is 9.35. The summed E-state index contributed by atoms with van der Waals surface area (Å²) in [5, 5.41) is 15.9. The molecule has 1 unspecified atom stereocenters. The van der Waals surface area contributed by atoms with E-state index in [9.17, 15) is 22.8 Å². The molecule has 1 atom stereocenters. The average molecular weight is 489 g/mol. The number of benzene rings is 1. The van der Waals surface area contributed by atoms with Crippen LogP contribution in [0.15, 0.2) is 30.6 Å². The maximum Gasteiger partial charge on any atom is 0.417 e. The summed E-state index contributed by atoms with van der Waals surface area (Å²) in [6, 6.07) is 5.34. The number of carbonyl (C=O) groups excluding carboxylic acids is 2. The highest BCUT2D eigenvalue weighted by Crippen LogP contribution is 2.46. The number of nitriles is 1. The summed E-state index contributed by atoms with van der Waals surface area (Å²) < 4.78 is 41.8. The van der Waals surface area contributed by atoms with Crippen LogP contribution < -0.4 is 10.2 Å². The zero-order valence-electron chi connectivity index (χ0n) is 19.6. The second kappa shape index (κ2) is 9.24. The van der Waals surface area contributed by atoms with Crippen LogP contribution in [0, 0.1) is 29.6 Å². The van der Waals surface area contributed by atoms with Crippen LogP contribution in [0.5, 0.6) is 0 Å². The predicted molar refractivity (Wildman–Crippen MR) is 121 cm³/mol. The summed E-state index contributed by atoms with van der Waals surface area (Å²) in [5.41, 5.74) is -0.476. The molecule has 1 spiro atoms. The maximum atomic E-state index is 13.4. The molecule has 0 bridgehead atoms. The Balaban J connectivity index is 1.51. The molecule has 0 radical (unpaired) electrons. The van der Waals surface area contributed by atoms with Crippen LogP contribution in [-0.4, -0.2) is 59.7 Å². The number of alkyl halides is 3. The van der Waals surface area contributed by atoms with Crippen LogP contribution in [0.2, 0.25) is 0 Å². The van der Waals surface area contributed by atoms with Gasteiger partial charge in [-0.25, -0.2) is 0 Å². The van der Waals surface area contributed by atoms with E-state index in [1.54, 1.807) is 35.1 Å². The van der Waals surface area contributed by atoms with E-state index in [4.69, 9.17) is 5.26 Å². The van der Waals surface area contributed by atoms with Crippen molar-refractivity contribution in [3.05, 3.63) is 47.3 Å². The minimum absolute atomic E-state index is 0.0853. The third-order valence-corrected chi connectivity index (χ3v) is 7.18. The molecule has 2 aliphatic rings. The van der Waals surface area contributed by atoms with E-state index in [0.717, 1.165) is 11.6 Å². The van der Waals surface area contributed by atoms with E-state index >= 15 is 0 Å². The molecule has 2 saturated heterocycles. The molecule has 11 heteroatoms. The van der Waals surface area contributed by atoms with Gasteiger partial charge in [-0.1, -0.05) is 0 Å². The Kier molecular flexibility index (Phi) is 6.49. The van der Waals surface area contributed by atoms with Gasteiger partial charge in [-0.2, -0.15) is 23.5 Å². The van der Waals surface area contributed by atoms with Gasteiger partial charge in [-0.3, -0.25) is 14.3 Å². The summed E-state index contributed by atoms with van der Waals surface area (Å²) in [7, 11) is 1.57. The van der Waals surface area contributed by atoms with Crippen LogP contribution >= 0.6 is 0 Å². The van der Waals surface area contributed by atoms with Gasteiger partial charge in [0.05, 0.1) is 29.3 Å². The molecule has 4 rings (SSSR count). The summed E-state index contributed by atoms with van der Waals surface area (Å²) in [4.78, 5) is 29.3. The summed E-state index contributed by atoms with van der Waals surface area (Å²) >= 11 is 0. The number of halogens is 3. The van der Waals surface area contributed by atoms with Crippen molar-refractivity contribution in [2.45, 2.75) is 32.5 Å². The molecule has 1 aromatic heterocycles. The normalized spacial score (nSPS) is 19.6. The van der Waals surface area contributed by atoms with Crippen molar-refractivity contribution in [2.75, 3.05) is 38.1 Å². The quantitative estimate of drug-likeness (QED) is 0.714. The number of likely N-dealkylation sites (tertiary alicyclic amines) is 1.